The van der Waals surface area contributed by atoms with Crippen molar-refractivity contribution in [1.82, 2.24) is 15.0 Å². The molecule has 3 N–H and O–H groups in total. The van der Waals surface area contributed by atoms with Crippen LogP contribution in [0.5, 0.6) is 0 Å². The number of nitrogens with one attached hydrogen (secondary N) is 3. The summed E-state index contributed by atoms with van der Waals surface area (Å²) in [5.74, 6) is -0.864. The van der Waals surface area contributed by atoms with Crippen LogP contribution in [0, 0.1) is 11.7 Å². The molecule has 3 saturated carbocycles. The second kappa shape index (κ2) is 9.44. The van der Waals surface area contributed by atoms with Gasteiger partial charge in [0, 0.05) is 17.5 Å². The lowest BCUT2D eigenvalue weighted by Gasteiger charge is -2.61. The van der Waals surface area contributed by atoms with E-state index in [2.05, 4.69) is 20.3 Å². The molecule has 186 valence electrons. The topological polar surface area (TPSA) is 117 Å². The third-order valence-corrected chi connectivity index (χ3v) is 8.17. The summed E-state index contributed by atoms with van der Waals surface area (Å²) in [6.07, 6.45) is 4.09. The molecule has 3 aliphatic rings. The second-order valence-electron chi connectivity index (χ2n) is 9.46. The van der Waals surface area contributed by atoms with Gasteiger partial charge in [0.25, 0.3) is 15.9 Å². The van der Waals surface area contributed by atoms with Gasteiger partial charge in [0.15, 0.2) is 5.03 Å². The summed E-state index contributed by atoms with van der Waals surface area (Å²) >= 11 is 0. The zero-order chi connectivity index (χ0) is 25.3. The van der Waals surface area contributed by atoms with Crippen LogP contribution in [-0.2, 0) is 21.2 Å². The van der Waals surface area contributed by atoms with Crippen LogP contribution in [0.25, 0.3) is 0 Å². The van der Waals surface area contributed by atoms with Crippen molar-refractivity contribution in [3.05, 3.63) is 89.9 Å². The number of amides is 2. The third-order valence-electron chi connectivity index (χ3n) is 6.68. The number of carbonyl (C=O) groups excluding carboxylic acids is 2. The first kappa shape index (κ1) is 24.1. The Morgan fingerprint density at radius 2 is 1.69 bits per heavy atom. The van der Waals surface area contributed by atoms with Crippen molar-refractivity contribution >= 4 is 27.5 Å². The maximum absolute atomic E-state index is 13.2. The van der Waals surface area contributed by atoms with E-state index >= 15 is 0 Å². The van der Waals surface area contributed by atoms with E-state index in [1.807, 2.05) is 30.3 Å². The number of pyridine rings is 1. The quantitative estimate of drug-likeness (QED) is 0.411. The van der Waals surface area contributed by atoms with Gasteiger partial charge in [0.2, 0.25) is 5.91 Å². The molecule has 0 aliphatic heterocycles. The number of hydrogen-bond acceptors (Lipinski definition) is 5. The van der Waals surface area contributed by atoms with E-state index in [0.717, 1.165) is 24.8 Å². The molecule has 10 heteroatoms. The van der Waals surface area contributed by atoms with Gasteiger partial charge in [-0.2, -0.15) is 0 Å². The van der Waals surface area contributed by atoms with Gasteiger partial charge < -0.3 is 10.6 Å². The van der Waals surface area contributed by atoms with Gasteiger partial charge in [-0.15, -0.1) is 0 Å². The van der Waals surface area contributed by atoms with E-state index in [4.69, 9.17) is 0 Å². The molecular formula is C26H25FN4O4S. The molecule has 2 amide bonds. The summed E-state index contributed by atoms with van der Waals surface area (Å²) in [5, 5.41) is 5.28. The van der Waals surface area contributed by atoms with Crippen LogP contribution in [0.4, 0.5) is 10.1 Å². The molecule has 2 bridgehead atoms. The van der Waals surface area contributed by atoms with Crippen molar-refractivity contribution in [2.24, 2.45) is 5.92 Å². The van der Waals surface area contributed by atoms with E-state index < -0.39 is 33.7 Å². The summed E-state index contributed by atoms with van der Waals surface area (Å²) in [5.41, 5.74) is 1.02. The third kappa shape index (κ3) is 5.14. The smallest absolute Gasteiger partial charge is 0.258 e. The average molecular weight is 509 g/mol. The van der Waals surface area contributed by atoms with Crippen molar-refractivity contribution in [3.63, 3.8) is 0 Å². The van der Waals surface area contributed by atoms with Crippen molar-refractivity contribution in [1.29, 1.82) is 0 Å². The zero-order valence-corrected chi connectivity index (χ0v) is 20.1. The van der Waals surface area contributed by atoms with Crippen molar-refractivity contribution < 1.29 is 22.4 Å². The standard InChI is InChI=1S/C26H25FN4O4S/c27-20-8-6-19(7-9-20)24(32)30-22(12-17-4-2-1-3-5-17)25(33)29-21-10-11-23(28-16-21)36(34,35)31-26-13-18(14-26)15-26/h1-11,16,18,22,31H,12-15H2,(H,29,33)(H,30,32). The first-order valence-electron chi connectivity index (χ1n) is 11.6. The lowest BCUT2D eigenvalue weighted by atomic mass is 9.50. The highest BCUT2D eigenvalue weighted by Gasteiger charge is 2.58. The Morgan fingerprint density at radius 3 is 2.28 bits per heavy atom. The molecule has 8 nitrogen and oxygen atoms in total. The lowest BCUT2D eigenvalue weighted by Crippen LogP contribution is -2.68. The Bertz CT molecular complexity index is 1360. The van der Waals surface area contributed by atoms with Crippen LogP contribution in [0.3, 0.4) is 0 Å². The normalized spacial score (nSPS) is 21.0. The number of hydrogen-bond donors (Lipinski definition) is 3. The van der Waals surface area contributed by atoms with E-state index in [-0.39, 0.29) is 22.5 Å². The molecule has 1 atom stereocenters. The summed E-state index contributed by atoms with van der Waals surface area (Å²) in [6, 6.07) is 16.1. The number of benzene rings is 2. The van der Waals surface area contributed by atoms with Gasteiger partial charge in [-0.1, -0.05) is 30.3 Å². The van der Waals surface area contributed by atoms with Gasteiger partial charge >= 0.3 is 0 Å². The molecule has 0 radical (unpaired) electrons. The predicted molar refractivity (Wildman–Crippen MR) is 131 cm³/mol. The Hall–Kier alpha value is -3.63. The first-order chi connectivity index (χ1) is 17.2. The number of carbonyl (C=O) groups is 2. The fourth-order valence-electron chi connectivity index (χ4n) is 4.69. The molecular weight excluding hydrogens is 483 g/mol. The molecule has 1 heterocycles. The van der Waals surface area contributed by atoms with Crippen LogP contribution in [0.1, 0.15) is 35.2 Å². The van der Waals surface area contributed by atoms with E-state index in [0.29, 0.717) is 11.6 Å². The average Bonchev–Trinajstić information content (AvgIpc) is 2.82. The van der Waals surface area contributed by atoms with E-state index in [9.17, 15) is 22.4 Å². The van der Waals surface area contributed by atoms with Crippen molar-refractivity contribution in [2.45, 2.75) is 42.3 Å². The van der Waals surface area contributed by atoms with Gasteiger partial charge in [-0.05, 0) is 67.1 Å². The van der Waals surface area contributed by atoms with Gasteiger partial charge in [0.05, 0.1) is 11.9 Å². The van der Waals surface area contributed by atoms with Crippen molar-refractivity contribution in [3.8, 4) is 0 Å². The molecule has 0 spiro atoms. The Labute approximate surface area is 208 Å². The van der Waals surface area contributed by atoms with Crippen LogP contribution in [-0.4, -0.2) is 36.8 Å². The highest BCUT2D eigenvalue weighted by Crippen LogP contribution is 2.57. The highest BCUT2D eigenvalue weighted by molar-refractivity contribution is 7.89. The zero-order valence-electron chi connectivity index (χ0n) is 19.3. The maximum atomic E-state index is 13.2. The number of anilines is 1. The Morgan fingerprint density at radius 1 is 1.00 bits per heavy atom. The Kier molecular flexibility index (Phi) is 6.31. The van der Waals surface area contributed by atoms with Gasteiger partial charge in [-0.3, -0.25) is 9.59 Å². The Balaban J connectivity index is 1.28. The molecule has 36 heavy (non-hydrogen) atoms. The van der Waals surface area contributed by atoms with Crippen LogP contribution < -0.4 is 15.4 Å². The molecule has 1 unspecified atom stereocenters. The largest absolute Gasteiger partial charge is 0.340 e. The number of aromatic nitrogens is 1. The second-order valence-corrected chi connectivity index (χ2v) is 11.1. The monoisotopic (exact) mass is 508 g/mol. The molecule has 3 fully saturated rings. The van der Waals surface area contributed by atoms with Gasteiger partial charge in [-0.25, -0.2) is 22.5 Å². The SMILES string of the molecule is O=C(NC(Cc1ccccc1)C(=O)Nc1ccc(S(=O)(=O)NC23CC(C2)C3)nc1)c1ccc(F)cc1. The summed E-state index contributed by atoms with van der Waals surface area (Å²) < 4.78 is 41.3. The van der Waals surface area contributed by atoms with E-state index in [1.54, 1.807) is 0 Å². The number of nitrogens with zero attached hydrogens (tertiary/aromatic N) is 1. The number of halogens is 1. The first-order valence-corrected chi connectivity index (χ1v) is 13.1. The van der Waals surface area contributed by atoms with Crippen LogP contribution in [0.2, 0.25) is 0 Å². The molecule has 3 aliphatic carbocycles. The molecule has 1 aromatic heterocycles. The molecule has 6 rings (SSSR count). The lowest BCUT2D eigenvalue weighted by molar-refractivity contribution is -0.118. The minimum absolute atomic E-state index is 0.115. The summed E-state index contributed by atoms with van der Waals surface area (Å²) in [7, 11) is -3.75. The summed E-state index contributed by atoms with van der Waals surface area (Å²) in [4.78, 5) is 29.9. The molecule has 3 aromatic rings. The van der Waals surface area contributed by atoms with E-state index in [1.165, 1.54) is 42.6 Å². The van der Waals surface area contributed by atoms with Crippen LogP contribution >= 0.6 is 0 Å². The van der Waals surface area contributed by atoms with Crippen molar-refractivity contribution in [2.75, 3.05) is 5.32 Å². The fourth-order valence-corrected chi connectivity index (χ4v) is 6.05. The fraction of sp³-hybridized carbons (Fsp3) is 0.269. The minimum atomic E-state index is -3.75. The molecule has 2 aromatic carbocycles. The maximum Gasteiger partial charge on any atom is 0.258 e. The highest BCUT2D eigenvalue weighted by atomic mass is 32.2. The minimum Gasteiger partial charge on any atom is -0.340 e. The summed E-state index contributed by atoms with van der Waals surface area (Å²) in [6.45, 7) is 0. The predicted octanol–water partition coefficient (Wildman–Crippen LogP) is 3.03. The van der Waals surface area contributed by atoms with Gasteiger partial charge in [0.1, 0.15) is 11.9 Å². The number of sulfonamides is 1. The molecule has 0 saturated heterocycles. The number of rotatable bonds is 9. The van der Waals surface area contributed by atoms with Crippen LogP contribution in [0.15, 0.2) is 78.0 Å².